The first-order valence-electron chi connectivity index (χ1n) is 24.6. The molecule has 8 saturated heterocycles. The maximum atomic E-state index is 11.7. The summed E-state index contributed by atoms with van der Waals surface area (Å²) in [6.07, 6.45) is -65.7. The highest BCUT2D eigenvalue weighted by Crippen LogP contribution is 2.51. The lowest BCUT2D eigenvalue weighted by atomic mass is 9.88. The lowest BCUT2D eigenvalue weighted by molar-refractivity contribution is -0.400. The highest BCUT2D eigenvalue weighted by molar-refractivity contribution is 5.15. The van der Waals surface area contributed by atoms with E-state index in [0.29, 0.717) is 0 Å². The van der Waals surface area contributed by atoms with Gasteiger partial charge in [0.1, 0.15) is 177 Å². The molecule has 0 radical (unpaired) electrons. The van der Waals surface area contributed by atoms with Crippen LogP contribution in [0, 0.1) is 0 Å². The number of rotatable bonds is 17. The molecular formula is C42H70O35. The third-order valence-electron chi connectivity index (χ3n) is 15.0. The van der Waals surface area contributed by atoms with E-state index in [1.165, 1.54) is 0 Å². The van der Waals surface area contributed by atoms with Crippen molar-refractivity contribution in [3.05, 3.63) is 0 Å². The second kappa shape index (κ2) is 25.2. The third-order valence-corrected chi connectivity index (χ3v) is 15.0. The zero-order valence-corrected chi connectivity index (χ0v) is 40.2. The fraction of sp³-hybridized carbons (Fsp3) is 1.00. The molecule has 8 fully saturated rings. The first-order valence-corrected chi connectivity index (χ1v) is 24.6. The van der Waals surface area contributed by atoms with E-state index in [-0.39, 0.29) is 0 Å². The molecule has 0 amide bonds. The Bertz CT molecular complexity index is 1860. The molecule has 0 bridgehead atoms. The fourth-order valence-corrected chi connectivity index (χ4v) is 10.3. The predicted octanol–water partition coefficient (Wildman–Crippen LogP) is -15.8. The number of hydrogen-bond acceptors (Lipinski definition) is 35. The lowest BCUT2D eigenvalue weighted by Crippen LogP contribution is -2.68. The van der Waals surface area contributed by atoms with Gasteiger partial charge >= 0.3 is 0 Å². The Morgan fingerprint density at radius 3 is 1.23 bits per heavy atom. The highest BCUT2D eigenvalue weighted by Gasteiger charge is 2.74. The van der Waals surface area contributed by atoms with Crippen molar-refractivity contribution in [2.45, 2.75) is 214 Å². The van der Waals surface area contributed by atoms with Crippen LogP contribution in [0.4, 0.5) is 0 Å². The van der Waals surface area contributed by atoms with Crippen molar-refractivity contribution >= 4 is 0 Å². The summed E-state index contributed by atoms with van der Waals surface area (Å²) in [6.45, 7) is -6.28. The zero-order valence-electron chi connectivity index (χ0n) is 40.2. The average Bonchev–Trinajstić information content (AvgIpc) is 4.24. The van der Waals surface area contributed by atoms with E-state index >= 15 is 0 Å². The molecule has 8 aliphatic heterocycles. The van der Waals surface area contributed by atoms with Gasteiger partial charge in [-0.25, -0.2) is 0 Å². The van der Waals surface area contributed by atoms with Crippen molar-refractivity contribution in [3.63, 3.8) is 0 Å². The normalized spacial score (nSPS) is 55.6. The molecule has 35 nitrogen and oxygen atoms in total. The number of aliphatic hydroxyl groups is 22. The van der Waals surface area contributed by atoms with Crippen LogP contribution in [-0.2, 0) is 61.6 Å². The Hall–Kier alpha value is -1.40. The number of ether oxygens (including phenoxy) is 13. The fourth-order valence-electron chi connectivity index (χ4n) is 10.3. The maximum Gasteiger partial charge on any atom is 0.228 e. The van der Waals surface area contributed by atoms with Crippen molar-refractivity contribution < 1.29 is 174 Å². The molecule has 8 rings (SSSR count). The van der Waals surface area contributed by atoms with Gasteiger partial charge in [-0.3, -0.25) is 0 Å². The largest absolute Gasteiger partial charge is 0.394 e. The summed E-state index contributed by atoms with van der Waals surface area (Å²) in [5, 5.41) is 235. The van der Waals surface area contributed by atoms with Crippen LogP contribution in [0.1, 0.15) is 0 Å². The highest BCUT2D eigenvalue weighted by atomic mass is 16.8. The average molecular weight is 1130 g/mol. The van der Waals surface area contributed by atoms with E-state index in [4.69, 9.17) is 61.6 Å². The van der Waals surface area contributed by atoms with E-state index < -0.39 is 261 Å². The Labute approximate surface area is 434 Å². The predicted molar refractivity (Wildman–Crippen MR) is 229 cm³/mol. The minimum atomic E-state index is -2.30. The van der Waals surface area contributed by atoms with E-state index in [9.17, 15) is 112 Å². The molecular weight excluding hydrogens is 1060 g/mol. The van der Waals surface area contributed by atoms with Crippen molar-refractivity contribution in [1.29, 1.82) is 0 Å². The van der Waals surface area contributed by atoms with Crippen molar-refractivity contribution in [2.75, 3.05) is 46.2 Å². The SMILES string of the molecule is OC[C@H]1O[C@H](O[C@@H]2[C@H](O)[C@H](OC[C@H]3OC[C@@H](O)[C@@H](O[C@H]4O[C@H](CO)[C@@H](O)[C@H](O)[C@@H]4O[C@H]4O[C@H](CO)[C@@H](O)[C@H](O)[C@@H]4O[C@H]4O[C@H](CO)[C@@H](O)[C@H](O)[C@@H]4O)[C@@H]3O)O[C@H]([C@H]3O[C@@]34O[C@H](CO)[C@@H](O)[C@H](O)[C@@H]4O)[C@H]2O)[C@@H](O)[C@@H](O)[C@@H]1O. The summed E-state index contributed by atoms with van der Waals surface area (Å²) < 4.78 is 74.0. The summed E-state index contributed by atoms with van der Waals surface area (Å²) in [5.41, 5.74) is 0. The van der Waals surface area contributed by atoms with Gasteiger partial charge in [0.15, 0.2) is 31.5 Å². The van der Waals surface area contributed by atoms with Crippen LogP contribution in [-0.4, -0.2) is 373 Å². The van der Waals surface area contributed by atoms with Crippen LogP contribution in [0.3, 0.4) is 0 Å². The minimum absolute atomic E-state index is 0.697. The Morgan fingerprint density at radius 2 is 0.753 bits per heavy atom. The molecule has 0 aromatic heterocycles. The van der Waals surface area contributed by atoms with Gasteiger partial charge in [-0.15, -0.1) is 0 Å². The molecule has 448 valence electrons. The molecule has 0 aromatic rings. The van der Waals surface area contributed by atoms with Gasteiger partial charge in [0.05, 0.1) is 46.2 Å². The van der Waals surface area contributed by atoms with Crippen LogP contribution in [0.5, 0.6) is 0 Å². The van der Waals surface area contributed by atoms with Gasteiger partial charge < -0.3 is 174 Å². The molecule has 0 unspecified atom stereocenters. The van der Waals surface area contributed by atoms with Crippen LogP contribution in [0.2, 0.25) is 0 Å². The smallest absolute Gasteiger partial charge is 0.228 e. The van der Waals surface area contributed by atoms with Crippen molar-refractivity contribution in [2.24, 2.45) is 0 Å². The molecule has 35 heteroatoms. The standard InChI is InChI=1S/C42H70O35/c43-1-9-15(49)21(55)26(60)38(67-9)72-31-28(62)32(36-42(77-36)35(64)25(59)19(53)13(5-47)76-42)73-37(29(31)63)66-7-14-20(54)30(8(48)6-65-14)71-40-34(24(58)18(52)11(3-45)69-40)75-41-33(23(57)17(51)12(4-46)70-41)74-39-27(61)22(56)16(50)10(2-44)68-39/h8-41,43-64H,1-7H2/t8-,9-,10-,11-,12-,13-,14-,15-,16-,17-,18-,19-,20-,21+,22+,23+,24+,25+,26+,27+,28+,29+,30-,31+,32+,33+,34+,35+,36-,37-,38-,39-,40-,41-,42-/m1/s1. The van der Waals surface area contributed by atoms with E-state index in [1.807, 2.05) is 0 Å². The van der Waals surface area contributed by atoms with Gasteiger partial charge in [0, 0.05) is 0 Å². The van der Waals surface area contributed by atoms with Crippen molar-refractivity contribution in [1.82, 2.24) is 0 Å². The maximum absolute atomic E-state index is 11.7. The molecule has 0 aromatic carbocycles. The summed E-state index contributed by atoms with van der Waals surface area (Å²) in [7, 11) is 0. The van der Waals surface area contributed by atoms with Crippen molar-refractivity contribution in [3.8, 4) is 0 Å². The van der Waals surface area contributed by atoms with Gasteiger partial charge in [0.25, 0.3) is 0 Å². The van der Waals surface area contributed by atoms with Crippen LogP contribution in [0.25, 0.3) is 0 Å². The Morgan fingerprint density at radius 1 is 0.338 bits per heavy atom. The van der Waals surface area contributed by atoms with Crippen LogP contribution >= 0.6 is 0 Å². The van der Waals surface area contributed by atoms with Gasteiger partial charge in [-0.05, 0) is 0 Å². The number of aliphatic hydroxyl groups excluding tert-OH is 22. The second-order valence-corrected chi connectivity index (χ2v) is 19.9. The Kier molecular flexibility index (Phi) is 20.2. The number of epoxide rings is 1. The topological polar surface area (TPSA) is 568 Å². The molecule has 0 aliphatic carbocycles. The minimum Gasteiger partial charge on any atom is -0.394 e. The zero-order chi connectivity index (χ0) is 56.3. The summed E-state index contributed by atoms with van der Waals surface area (Å²) in [5.74, 6) is -2.30. The van der Waals surface area contributed by atoms with Crippen LogP contribution in [0.15, 0.2) is 0 Å². The summed E-state index contributed by atoms with van der Waals surface area (Å²) in [6, 6.07) is 0. The first-order chi connectivity index (χ1) is 36.5. The molecule has 0 saturated carbocycles. The van der Waals surface area contributed by atoms with Crippen LogP contribution < -0.4 is 0 Å². The summed E-state index contributed by atoms with van der Waals surface area (Å²) in [4.78, 5) is 0. The van der Waals surface area contributed by atoms with Gasteiger partial charge in [-0.1, -0.05) is 0 Å². The Balaban J connectivity index is 1.01. The lowest BCUT2D eigenvalue weighted by Gasteiger charge is -2.49. The number of hydrogen-bond donors (Lipinski definition) is 22. The second-order valence-electron chi connectivity index (χ2n) is 19.9. The monoisotopic (exact) mass is 1130 g/mol. The van der Waals surface area contributed by atoms with E-state index in [0.717, 1.165) is 0 Å². The molecule has 8 aliphatic rings. The van der Waals surface area contributed by atoms with E-state index in [2.05, 4.69) is 0 Å². The first kappa shape index (κ1) is 61.7. The molecule has 1 spiro atoms. The van der Waals surface area contributed by atoms with Gasteiger partial charge in [0.2, 0.25) is 5.79 Å². The van der Waals surface area contributed by atoms with Gasteiger partial charge in [-0.2, -0.15) is 0 Å². The summed E-state index contributed by atoms with van der Waals surface area (Å²) >= 11 is 0. The van der Waals surface area contributed by atoms with E-state index in [1.54, 1.807) is 0 Å². The molecule has 22 N–H and O–H groups in total. The third kappa shape index (κ3) is 11.8. The molecule has 77 heavy (non-hydrogen) atoms. The molecule has 35 atom stereocenters. The quantitative estimate of drug-likeness (QED) is 0.0601. The molecule has 8 heterocycles.